The van der Waals surface area contributed by atoms with Crippen LogP contribution in [0.2, 0.25) is 5.02 Å². The van der Waals surface area contributed by atoms with Gasteiger partial charge in [-0.3, -0.25) is 4.99 Å². The minimum absolute atomic E-state index is 0.282. The molecule has 4 rings (SSSR count). The molecule has 0 spiro atoms. The smallest absolute Gasteiger partial charge is 0.339 e. The van der Waals surface area contributed by atoms with Crippen LogP contribution in [0, 0.1) is 0 Å². The van der Waals surface area contributed by atoms with Crippen LogP contribution >= 0.6 is 11.6 Å². The summed E-state index contributed by atoms with van der Waals surface area (Å²) in [6, 6.07) is 15.4. The molecule has 6 heteroatoms. The van der Waals surface area contributed by atoms with Crippen molar-refractivity contribution in [3.63, 3.8) is 0 Å². The third kappa shape index (κ3) is 2.62. The number of aliphatic imine (C=N–C) groups is 1. The predicted molar refractivity (Wildman–Crippen MR) is 98.3 cm³/mol. The van der Waals surface area contributed by atoms with Crippen LogP contribution in [0.5, 0.6) is 0 Å². The molecule has 0 atom stereocenters. The lowest BCUT2D eigenvalue weighted by atomic mass is 9.94. The molecule has 1 aliphatic rings. The number of fused-ring (bicyclic) bond motifs is 3. The van der Waals surface area contributed by atoms with E-state index in [2.05, 4.69) is 10.4 Å². The second-order valence-corrected chi connectivity index (χ2v) is 6.13. The average molecular weight is 351 g/mol. The maximum atomic E-state index is 12.1. The van der Waals surface area contributed by atoms with Gasteiger partial charge in [0.1, 0.15) is 0 Å². The Balaban J connectivity index is 1.97. The quantitative estimate of drug-likeness (QED) is 0.726. The first-order valence-corrected chi connectivity index (χ1v) is 8.26. The maximum Gasteiger partial charge on any atom is 0.342 e. The van der Waals surface area contributed by atoms with Crippen LogP contribution in [0.3, 0.4) is 0 Å². The summed E-state index contributed by atoms with van der Waals surface area (Å²) in [6.45, 7) is 0.360. The Morgan fingerprint density at radius 1 is 1.12 bits per heavy atom. The Hall–Kier alpha value is -2.92. The number of halogens is 1. The van der Waals surface area contributed by atoms with E-state index in [-0.39, 0.29) is 6.03 Å². The van der Waals surface area contributed by atoms with Crippen LogP contribution in [-0.2, 0) is 6.54 Å². The van der Waals surface area contributed by atoms with Crippen LogP contribution < -0.4 is 5.32 Å². The summed E-state index contributed by atoms with van der Waals surface area (Å²) in [5, 5.41) is 7.48. The van der Waals surface area contributed by atoms with Crippen LogP contribution in [0.4, 0.5) is 4.79 Å². The standard InChI is InChI=1S/C19H15ClN4O/c1-21-19(25)24-17-11-22-18(12-5-3-2-4-6-12)15-9-13(20)7-8-14(15)16(17)10-23-24/h2-10H,11H2,1H3,(H,21,25). The molecule has 1 aliphatic heterocycles. The SMILES string of the molecule is CNC(=O)n1ncc2c1CN=C(c1ccccc1)c1cc(Cl)ccc1-2. The minimum atomic E-state index is -0.282. The number of rotatable bonds is 1. The van der Waals surface area contributed by atoms with E-state index in [1.807, 2.05) is 48.5 Å². The van der Waals surface area contributed by atoms with Gasteiger partial charge in [0.2, 0.25) is 0 Å². The van der Waals surface area contributed by atoms with Gasteiger partial charge in [-0.1, -0.05) is 48.0 Å². The van der Waals surface area contributed by atoms with Gasteiger partial charge in [0.15, 0.2) is 0 Å². The molecule has 2 heterocycles. The number of nitrogens with one attached hydrogen (secondary N) is 1. The summed E-state index contributed by atoms with van der Waals surface area (Å²) < 4.78 is 1.37. The lowest BCUT2D eigenvalue weighted by molar-refractivity contribution is 0.241. The first kappa shape index (κ1) is 15.6. The summed E-state index contributed by atoms with van der Waals surface area (Å²) in [5.41, 5.74) is 5.43. The van der Waals surface area contributed by atoms with Crippen molar-refractivity contribution in [3.05, 3.63) is 76.6 Å². The van der Waals surface area contributed by atoms with Crippen LogP contribution in [0.25, 0.3) is 11.1 Å². The molecule has 3 aromatic rings. The summed E-state index contributed by atoms with van der Waals surface area (Å²) in [6.07, 6.45) is 1.71. The highest BCUT2D eigenvalue weighted by atomic mass is 35.5. The van der Waals surface area contributed by atoms with Gasteiger partial charge in [0, 0.05) is 28.8 Å². The fourth-order valence-electron chi connectivity index (χ4n) is 3.06. The number of amides is 1. The van der Waals surface area contributed by atoms with Crippen LogP contribution in [-0.4, -0.2) is 28.6 Å². The first-order valence-electron chi connectivity index (χ1n) is 7.88. The van der Waals surface area contributed by atoms with Gasteiger partial charge in [-0.15, -0.1) is 0 Å². The van der Waals surface area contributed by atoms with Crippen molar-refractivity contribution in [2.75, 3.05) is 7.05 Å². The van der Waals surface area contributed by atoms with Gasteiger partial charge in [0.05, 0.1) is 24.1 Å². The van der Waals surface area contributed by atoms with Crippen LogP contribution in [0.1, 0.15) is 16.8 Å². The zero-order valence-electron chi connectivity index (χ0n) is 13.5. The molecule has 124 valence electrons. The van der Waals surface area contributed by atoms with Gasteiger partial charge in [0.25, 0.3) is 0 Å². The van der Waals surface area contributed by atoms with Crippen molar-refractivity contribution in [2.24, 2.45) is 4.99 Å². The molecule has 0 aliphatic carbocycles. The molecule has 0 saturated carbocycles. The van der Waals surface area contributed by atoms with E-state index < -0.39 is 0 Å². The summed E-state index contributed by atoms with van der Waals surface area (Å²) in [5.74, 6) is 0. The zero-order chi connectivity index (χ0) is 17.4. The van der Waals surface area contributed by atoms with E-state index in [1.165, 1.54) is 4.68 Å². The Morgan fingerprint density at radius 3 is 2.68 bits per heavy atom. The normalized spacial score (nSPS) is 12.6. The lowest BCUT2D eigenvalue weighted by Crippen LogP contribution is -2.27. The van der Waals surface area contributed by atoms with E-state index in [0.717, 1.165) is 33.7 Å². The number of hydrogen-bond donors (Lipinski definition) is 1. The number of nitrogens with zero attached hydrogens (tertiary/aromatic N) is 3. The summed E-state index contributed by atoms with van der Waals surface area (Å²) in [7, 11) is 1.58. The summed E-state index contributed by atoms with van der Waals surface area (Å²) >= 11 is 6.25. The Morgan fingerprint density at radius 2 is 1.92 bits per heavy atom. The van der Waals surface area contributed by atoms with Gasteiger partial charge in [-0.25, -0.2) is 4.79 Å². The van der Waals surface area contributed by atoms with Crippen molar-refractivity contribution in [2.45, 2.75) is 6.54 Å². The van der Waals surface area contributed by atoms with Crippen molar-refractivity contribution < 1.29 is 4.79 Å². The van der Waals surface area contributed by atoms with Crippen molar-refractivity contribution in [1.82, 2.24) is 15.1 Å². The number of carbonyl (C=O) groups is 1. The second-order valence-electron chi connectivity index (χ2n) is 5.69. The molecule has 0 fully saturated rings. The molecule has 0 bridgehead atoms. The van der Waals surface area contributed by atoms with Gasteiger partial charge in [-0.05, 0) is 17.7 Å². The lowest BCUT2D eigenvalue weighted by Gasteiger charge is -2.10. The first-order chi connectivity index (χ1) is 12.2. The van der Waals surface area contributed by atoms with Crippen LogP contribution in [0.15, 0.2) is 59.7 Å². The molecule has 0 radical (unpaired) electrons. The molecule has 1 N–H and O–H groups in total. The Labute approximate surface area is 150 Å². The molecule has 1 amide bonds. The molecule has 0 unspecified atom stereocenters. The molecular formula is C19H15ClN4O. The zero-order valence-corrected chi connectivity index (χ0v) is 14.3. The monoisotopic (exact) mass is 350 g/mol. The van der Waals surface area contributed by atoms with E-state index in [4.69, 9.17) is 16.6 Å². The highest BCUT2D eigenvalue weighted by Gasteiger charge is 2.24. The maximum absolute atomic E-state index is 12.1. The van der Waals surface area contributed by atoms with Crippen molar-refractivity contribution >= 4 is 23.3 Å². The molecule has 0 saturated heterocycles. The van der Waals surface area contributed by atoms with Gasteiger partial charge < -0.3 is 5.32 Å². The Bertz CT molecular complexity index is 992. The number of aromatic nitrogens is 2. The largest absolute Gasteiger partial charge is 0.342 e. The minimum Gasteiger partial charge on any atom is -0.339 e. The molecule has 25 heavy (non-hydrogen) atoms. The highest BCUT2D eigenvalue weighted by Crippen LogP contribution is 2.34. The fraction of sp³-hybridized carbons (Fsp3) is 0.105. The van der Waals surface area contributed by atoms with E-state index in [1.54, 1.807) is 13.2 Å². The topological polar surface area (TPSA) is 59.3 Å². The molecule has 2 aromatic carbocycles. The number of hydrogen-bond acceptors (Lipinski definition) is 3. The van der Waals surface area contributed by atoms with Gasteiger partial charge >= 0.3 is 6.03 Å². The van der Waals surface area contributed by atoms with E-state index in [0.29, 0.717) is 11.6 Å². The predicted octanol–water partition coefficient (Wildman–Crippen LogP) is 3.74. The molecule has 5 nitrogen and oxygen atoms in total. The summed E-state index contributed by atoms with van der Waals surface area (Å²) in [4.78, 5) is 16.9. The van der Waals surface area contributed by atoms with E-state index in [9.17, 15) is 4.79 Å². The van der Waals surface area contributed by atoms with E-state index >= 15 is 0 Å². The molecule has 1 aromatic heterocycles. The van der Waals surface area contributed by atoms with Crippen molar-refractivity contribution in [1.29, 1.82) is 0 Å². The Kier molecular flexibility index (Phi) is 3.86. The fourth-order valence-corrected chi connectivity index (χ4v) is 3.23. The second kappa shape index (κ2) is 6.18. The third-order valence-electron chi connectivity index (χ3n) is 4.24. The molecular weight excluding hydrogens is 336 g/mol. The average Bonchev–Trinajstić information content (AvgIpc) is 2.99. The number of carbonyl (C=O) groups excluding carboxylic acids is 1. The van der Waals surface area contributed by atoms with Crippen molar-refractivity contribution in [3.8, 4) is 11.1 Å². The van der Waals surface area contributed by atoms with Gasteiger partial charge in [-0.2, -0.15) is 9.78 Å². The number of benzene rings is 2. The third-order valence-corrected chi connectivity index (χ3v) is 4.47. The highest BCUT2D eigenvalue weighted by molar-refractivity contribution is 6.31.